The van der Waals surface area contributed by atoms with Gasteiger partial charge in [0.05, 0.1) is 65.2 Å². The Hall–Kier alpha value is -9.82. The number of nitrogens with one attached hydrogen (secondary N) is 2. The molecule has 1 saturated heterocycles. The summed E-state index contributed by atoms with van der Waals surface area (Å²) in [5.41, 5.74) is 2.02. The van der Waals surface area contributed by atoms with E-state index in [0.29, 0.717) is 69.2 Å². The van der Waals surface area contributed by atoms with Crippen molar-refractivity contribution in [3.8, 4) is 34.5 Å². The molecule has 2 fully saturated rings. The summed E-state index contributed by atoms with van der Waals surface area (Å²) in [5.74, 6) is -5.59. The number of fused-ring (bicyclic) bond motifs is 3. The molecule has 3 amide bonds. The van der Waals surface area contributed by atoms with Gasteiger partial charge >= 0.3 is 17.9 Å². The summed E-state index contributed by atoms with van der Waals surface area (Å²) in [6, 6.07) is 12.6. The van der Waals surface area contributed by atoms with E-state index in [9.17, 15) is 59.4 Å². The number of halogens is 3. The molecule has 4 heterocycles. The van der Waals surface area contributed by atoms with E-state index < -0.39 is 35.2 Å². The topological polar surface area (TPSA) is 353 Å². The number of oxime groups is 3. The fraction of sp³-hybridized carbons (Fsp3) is 0.392. The van der Waals surface area contributed by atoms with E-state index in [2.05, 4.69) is 26.1 Å². The molecule has 4 aromatic carbocycles. The predicted molar refractivity (Wildman–Crippen MR) is 384 cm³/mol. The molecule has 0 atom stereocenters. The molecule has 0 aromatic heterocycles. The zero-order chi connectivity index (χ0) is 73.0. The Labute approximate surface area is 606 Å². The first-order valence-electron chi connectivity index (χ1n) is 33.6. The second kappa shape index (κ2) is 43.1. The number of esters is 3. The molecule has 25 nitrogen and oxygen atoms in total. The number of hydrogen-bond acceptors (Lipinski definition) is 22. The van der Waals surface area contributed by atoms with Crippen molar-refractivity contribution in [2.75, 3.05) is 65.9 Å². The first-order valence-corrected chi connectivity index (χ1v) is 34.7. The maximum atomic E-state index is 12.7. The molecule has 28 heteroatoms. The van der Waals surface area contributed by atoms with Crippen LogP contribution in [0.15, 0.2) is 137 Å². The van der Waals surface area contributed by atoms with E-state index in [0.717, 1.165) is 88.0 Å². The van der Waals surface area contributed by atoms with Crippen molar-refractivity contribution in [1.29, 1.82) is 0 Å². The van der Waals surface area contributed by atoms with Gasteiger partial charge in [-0.25, -0.2) is 14.4 Å². The fourth-order valence-electron chi connectivity index (χ4n) is 10.7. The maximum absolute atomic E-state index is 12.7. The number of amides is 3. The number of carbonyl (C=O) groups is 6. The molecule has 0 spiro atoms. The minimum Gasteiger partial charge on any atom is -0.507 e. The molecule has 102 heavy (non-hydrogen) atoms. The van der Waals surface area contributed by atoms with Gasteiger partial charge in [-0.05, 0) is 111 Å². The molecule has 0 unspecified atom stereocenters. The van der Waals surface area contributed by atoms with Crippen LogP contribution in [0.5, 0.6) is 34.5 Å². The van der Waals surface area contributed by atoms with E-state index in [1.165, 1.54) is 6.42 Å². The summed E-state index contributed by atoms with van der Waals surface area (Å²) in [5, 5.41) is 79.0. The minimum atomic E-state index is -0.769. The third kappa shape index (κ3) is 26.3. The number of carbonyl (C=O) groups excluding carboxylic acids is 6. The fourth-order valence-corrected chi connectivity index (χ4v) is 11.4. The van der Waals surface area contributed by atoms with Gasteiger partial charge in [0.2, 0.25) is 0 Å². The van der Waals surface area contributed by atoms with Gasteiger partial charge in [-0.2, -0.15) is 0 Å². The first kappa shape index (κ1) is 79.5. The molecule has 9 rings (SSSR count). The summed E-state index contributed by atoms with van der Waals surface area (Å²) in [6.07, 6.45) is 33.8. The van der Waals surface area contributed by atoms with Crippen LogP contribution in [-0.4, -0.2) is 160 Å². The summed E-state index contributed by atoms with van der Waals surface area (Å²) in [4.78, 5) is 92.2. The van der Waals surface area contributed by atoms with Crippen molar-refractivity contribution < 1.29 is 92.9 Å². The summed E-state index contributed by atoms with van der Waals surface area (Å²) in [6.45, 7) is 1.90. The number of ether oxygens (including phenoxy) is 4. The highest BCUT2D eigenvalue weighted by Gasteiger charge is 2.29. The monoisotopic (exact) mass is 1470 g/mol. The van der Waals surface area contributed by atoms with Gasteiger partial charge in [-0.15, -0.1) is 0 Å². The molecule has 1 saturated carbocycles. The van der Waals surface area contributed by atoms with Crippen LogP contribution in [-0.2, 0) is 73.7 Å². The molecular formula is C74H85Cl3N6O19. The van der Waals surface area contributed by atoms with E-state index >= 15 is 0 Å². The van der Waals surface area contributed by atoms with Gasteiger partial charge in [0.15, 0.2) is 19.8 Å². The van der Waals surface area contributed by atoms with Crippen molar-refractivity contribution >= 4 is 87.6 Å². The number of morpholine rings is 1. The Balaban J connectivity index is 0.000000215. The predicted octanol–water partition coefficient (Wildman–Crippen LogP) is 12.0. The zero-order valence-electron chi connectivity index (χ0n) is 56.3. The van der Waals surface area contributed by atoms with Crippen molar-refractivity contribution in [2.45, 2.75) is 122 Å². The van der Waals surface area contributed by atoms with Crippen molar-refractivity contribution in [3.05, 3.63) is 175 Å². The zero-order valence-corrected chi connectivity index (χ0v) is 58.6. The molecule has 0 bridgehead atoms. The summed E-state index contributed by atoms with van der Waals surface area (Å²) < 4.78 is 21.0. The number of phenols is 6. The molecule has 1 aliphatic carbocycles. The lowest BCUT2D eigenvalue weighted by molar-refractivity contribution is -0.140. The van der Waals surface area contributed by atoms with Gasteiger partial charge in [0.1, 0.15) is 51.2 Å². The Morgan fingerprint density at radius 1 is 0.471 bits per heavy atom. The van der Waals surface area contributed by atoms with E-state index in [1.54, 1.807) is 23.1 Å². The number of phenolic OH excluding ortho intramolecular Hbond substituents is 6. The Bertz CT molecular complexity index is 3820. The Morgan fingerprint density at radius 2 is 0.843 bits per heavy atom. The number of nitrogens with zero attached hydrogens (tertiary/aromatic N) is 4. The minimum absolute atomic E-state index is 0.0260. The highest BCUT2D eigenvalue weighted by atomic mass is 35.5. The van der Waals surface area contributed by atoms with Crippen LogP contribution < -0.4 is 10.6 Å². The summed E-state index contributed by atoms with van der Waals surface area (Å²) >= 11 is 18.9. The molecule has 546 valence electrons. The van der Waals surface area contributed by atoms with Gasteiger partial charge in [-0.3, -0.25) is 14.4 Å². The molecule has 5 aliphatic rings. The molecular weight excluding hydrogens is 1380 g/mol. The number of aromatic hydroxyl groups is 6. The molecule has 0 radical (unpaired) electrons. The molecule has 8 N–H and O–H groups in total. The average Bonchev–Trinajstić information content (AvgIpc) is 0.809. The van der Waals surface area contributed by atoms with Crippen LogP contribution in [0.1, 0.15) is 143 Å². The van der Waals surface area contributed by atoms with Crippen molar-refractivity contribution in [3.63, 3.8) is 0 Å². The maximum Gasteiger partial charge on any atom is 0.342 e. The second-order valence-corrected chi connectivity index (χ2v) is 24.8. The lowest BCUT2D eigenvalue weighted by Gasteiger charge is -2.26. The average molecular weight is 1470 g/mol. The number of cyclic esters (lactones) is 3. The SMILES string of the molecule is O=C(CON=C1/C=C/CC/C=C/CCOC(=O)c2c(O)cc(O)c(Cl)c2C1)NC1CCCCC1.O=C(CON=C1/C=C/CC/C=C/CCOC(=O)c2c(O)cc(O)c(Cl)c2C1)NCc1ccccc1.O=C1OCC/C=C/CC/C=C/C(=NOCC(=O)N2CCOCC2)Cc2c(Cl)c(O)cc(O)c21. The van der Waals surface area contributed by atoms with Gasteiger partial charge in [0.25, 0.3) is 17.7 Å². The third-order valence-electron chi connectivity index (χ3n) is 15.9. The molecule has 4 aliphatic heterocycles. The standard InChI is InChI=1S/C26H27ClN2O6.C25H31ClN2O6.C23H27ClN2O7/c27-25-20-14-19(29-35-17-23(32)28-16-18-10-6-5-7-11-18)12-8-3-1-2-4-9-13-34-26(33)24(20)21(30)15-22(25)31;26-24-19-14-18(28-34-16-22(31)27-17-10-7-5-8-11-17)12-6-3-1-2-4-9-13-33-25(32)23(19)20(29)15-21(24)30;24-22-17-13-16(25-33-15-20(29)26-8-11-31-12-9-26)7-5-3-1-2-4-6-10-32-23(30)21(17)18(27)14-19(22)28/h2,4-8,10-12,15,30-31H,1,3,9,13-14,16-17H2,(H,28,32);2,4,6,12,15,17,29-30H,1,3,5,7-11,13-14,16H2,(H,27,31);2,4-5,7,14,27-28H,1,3,6,8-13,15H2/b4-2+,12-8+,29-19?;4-2+,12-6+,28-18?;4-2+,7-5+,25-16?. The second-order valence-electron chi connectivity index (χ2n) is 23.6. The lowest BCUT2D eigenvalue weighted by Crippen LogP contribution is -2.42. The highest BCUT2D eigenvalue weighted by molar-refractivity contribution is 6.35. The van der Waals surface area contributed by atoms with E-state index in [4.69, 9.17) is 68.3 Å². The number of hydrogen-bond donors (Lipinski definition) is 8. The third-order valence-corrected chi connectivity index (χ3v) is 17.2. The Morgan fingerprint density at radius 3 is 1.25 bits per heavy atom. The normalized spacial score (nSPS) is 19.8. The van der Waals surface area contributed by atoms with Crippen LogP contribution >= 0.6 is 34.8 Å². The smallest absolute Gasteiger partial charge is 0.342 e. The summed E-state index contributed by atoms with van der Waals surface area (Å²) in [7, 11) is 0. The first-order chi connectivity index (χ1) is 49.4. The molecule has 4 aromatic rings. The van der Waals surface area contributed by atoms with Crippen LogP contribution in [0.2, 0.25) is 15.1 Å². The number of benzene rings is 4. The Kier molecular flexibility index (Phi) is 33.6. The van der Waals surface area contributed by atoms with Crippen molar-refractivity contribution in [1.82, 2.24) is 15.5 Å². The lowest BCUT2D eigenvalue weighted by atomic mass is 9.95. The number of rotatable bonds is 12. The van der Waals surface area contributed by atoms with Crippen LogP contribution in [0.4, 0.5) is 0 Å². The largest absolute Gasteiger partial charge is 0.507 e. The van der Waals surface area contributed by atoms with Gasteiger partial charge < -0.3 is 79.6 Å². The van der Waals surface area contributed by atoms with Gasteiger partial charge in [0, 0.05) is 63.1 Å². The van der Waals surface area contributed by atoms with Crippen LogP contribution in [0.25, 0.3) is 0 Å². The quantitative estimate of drug-likeness (QED) is 0.0283. The van der Waals surface area contributed by atoms with Crippen LogP contribution in [0, 0.1) is 0 Å². The number of allylic oxidation sites excluding steroid dienone is 9. The van der Waals surface area contributed by atoms with E-state index in [-0.39, 0.29) is 148 Å². The van der Waals surface area contributed by atoms with Gasteiger partial charge in [-0.1, -0.05) is 155 Å². The van der Waals surface area contributed by atoms with Crippen molar-refractivity contribution in [2.24, 2.45) is 15.5 Å². The highest BCUT2D eigenvalue weighted by Crippen LogP contribution is 2.40. The van der Waals surface area contributed by atoms with E-state index in [1.807, 2.05) is 85.0 Å². The van der Waals surface area contributed by atoms with Crippen LogP contribution in [0.3, 0.4) is 0 Å².